The number of rotatable bonds is 3. The maximum atomic E-state index is 12.4. The number of hydrogen-bond donors (Lipinski definition) is 1. The van der Waals surface area contributed by atoms with Gasteiger partial charge in [0.05, 0.1) is 6.20 Å². The topological polar surface area (TPSA) is 49.0 Å². The summed E-state index contributed by atoms with van der Waals surface area (Å²) in [5, 5.41) is 6.86. The molecule has 5 heteroatoms. The van der Waals surface area contributed by atoms with E-state index in [0.717, 1.165) is 18.7 Å². The normalized spacial score (nSPS) is 16.9. The maximum Gasteiger partial charge on any atom is 0.199 e. The van der Waals surface area contributed by atoms with E-state index >= 15 is 0 Å². The Hall–Kier alpha value is -1.10. The van der Waals surface area contributed by atoms with Crippen molar-refractivity contribution in [1.82, 2.24) is 10.2 Å². The van der Waals surface area contributed by atoms with Gasteiger partial charge in [-0.2, -0.15) is 5.10 Å². The van der Waals surface area contributed by atoms with Crippen LogP contribution in [0.3, 0.4) is 0 Å². The van der Waals surface area contributed by atoms with E-state index in [1.54, 1.807) is 6.20 Å². The van der Waals surface area contributed by atoms with Crippen LogP contribution >= 0.6 is 0 Å². The van der Waals surface area contributed by atoms with E-state index in [2.05, 4.69) is 29.8 Å². The third-order valence-electron chi connectivity index (χ3n) is 3.05. The second-order valence-electron chi connectivity index (χ2n) is 5.45. The van der Waals surface area contributed by atoms with Crippen molar-refractivity contribution in [2.45, 2.75) is 44.9 Å². The molecule has 0 unspecified atom stereocenters. The molecule has 0 aliphatic heterocycles. The van der Waals surface area contributed by atoms with Gasteiger partial charge < -0.3 is 0 Å². The predicted molar refractivity (Wildman–Crippen MR) is 67.4 cm³/mol. The van der Waals surface area contributed by atoms with Gasteiger partial charge in [0.25, 0.3) is 0 Å². The molecule has 1 aromatic heterocycles. The van der Waals surface area contributed by atoms with Crippen LogP contribution in [0.15, 0.2) is 12.3 Å². The number of aromatic amines is 1. The Kier molecular flexibility index (Phi) is 2.88. The van der Waals surface area contributed by atoms with Gasteiger partial charge in [0.2, 0.25) is 0 Å². The van der Waals surface area contributed by atoms with Gasteiger partial charge in [-0.25, -0.2) is 0 Å². The highest BCUT2D eigenvalue weighted by molar-refractivity contribution is 7.04. The molecule has 1 aromatic rings. The van der Waals surface area contributed by atoms with Crippen LogP contribution in [0.4, 0.5) is 10.6 Å². The van der Waals surface area contributed by atoms with E-state index in [9.17, 15) is 4.79 Å². The minimum absolute atomic E-state index is 0.307. The molecule has 0 spiro atoms. The number of carbonyl (C=O) groups excluding carboxylic acids is 1. The summed E-state index contributed by atoms with van der Waals surface area (Å²) in [7, 11) is -1.79. The molecule has 1 amide bonds. The van der Waals surface area contributed by atoms with Gasteiger partial charge in [0, 0.05) is 12.1 Å². The van der Waals surface area contributed by atoms with Crippen LogP contribution in [-0.2, 0) is 0 Å². The second-order valence-corrected chi connectivity index (χ2v) is 10.4. The molecule has 16 heavy (non-hydrogen) atoms. The standard InChI is InChI=1S/C11H19N3OSi/c1-16(2,3)11(15)14(9-5-4-6-9)10-7-8-12-13-10/h7-9H,4-6H2,1-3H3,(H,12,13). The molecule has 1 saturated carbocycles. The number of H-pyrrole nitrogens is 1. The fraction of sp³-hybridized carbons (Fsp3) is 0.636. The summed E-state index contributed by atoms with van der Waals surface area (Å²) < 4.78 is 0. The van der Waals surface area contributed by atoms with Gasteiger partial charge in [-0.1, -0.05) is 19.6 Å². The summed E-state index contributed by atoms with van der Waals surface area (Å²) in [5.74, 6) is 0.858. The summed E-state index contributed by atoms with van der Waals surface area (Å²) in [4.78, 5) is 14.4. The summed E-state index contributed by atoms with van der Waals surface area (Å²) in [6, 6.07) is 2.27. The Balaban J connectivity index is 2.25. The Labute approximate surface area is 97.0 Å². The summed E-state index contributed by atoms with van der Waals surface area (Å²) in [5.41, 5.74) is 0.307. The first-order valence-electron chi connectivity index (χ1n) is 5.83. The van der Waals surface area contributed by atoms with Gasteiger partial charge in [-0.3, -0.25) is 14.8 Å². The van der Waals surface area contributed by atoms with Crippen molar-refractivity contribution in [1.29, 1.82) is 0 Å². The van der Waals surface area contributed by atoms with Gasteiger partial charge in [0.15, 0.2) is 13.6 Å². The summed E-state index contributed by atoms with van der Waals surface area (Å²) in [6.07, 6.45) is 5.18. The number of hydrogen-bond acceptors (Lipinski definition) is 2. The van der Waals surface area contributed by atoms with Crippen molar-refractivity contribution in [3.8, 4) is 0 Å². The van der Waals surface area contributed by atoms with Crippen molar-refractivity contribution in [3.05, 3.63) is 12.3 Å². The highest BCUT2D eigenvalue weighted by atomic mass is 28.3. The highest BCUT2D eigenvalue weighted by Gasteiger charge is 2.37. The molecule has 1 aliphatic carbocycles. The zero-order valence-electron chi connectivity index (χ0n) is 10.2. The average molecular weight is 237 g/mol. The molecule has 0 radical (unpaired) electrons. The van der Waals surface area contributed by atoms with Crippen LogP contribution in [0.1, 0.15) is 19.3 Å². The molecule has 4 nitrogen and oxygen atoms in total. The van der Waals surface area contributed by atoms with E-state index in [0.29, 0.717) is 11.6 Å². The molecule has 0 atom stereocenters. The molecular weight excluding hydrogens is 218 g/mol. The Morgan fingerprint density at radius 2 is 2.19 bits per heavy atom. The Bertz CT molecular complexity index is 365. The highest BCUT2D eigenvalue weighted by Crippen LogP contribution is 2.30. The SMILES string of the molecule is C[Si](C)(C)C(=O)N(c1ccn[nH]1)C1CCC1. The van der Waals surface area contributed by atoms with Crippen LogP contribution in [0, 0.1) is 0 Å². The lowest BCUT2D eigenvalue weighted by Crippen LogP contribution is -2.53. The molecule has 2 rings (SSSR count). The van der Waals surface area contributed by atoms with E-state index in [-0.39, 0.29) is 0 Å². The number of anilines is 1. The van der Waals surface area contributed by atoms with Gasteiger partial charge in [0.1, 0.15) is 5.82 Å². The van der Waals surface area contributed by atoms with Gasteiger partial charge >= 0.3 is 0 Å². The minimum Gasteiger partial charge on any atom is -0.299 e. The summed E-state index contributed by atoms with van der Waals surface area (Å²) >= 11 is 0. The van der Waals surface area contributed by atoms with Gasteiger partial charge in [-0.05, 0) is 19.3 Å². The number of carbonyl (C=O) groups is 1. The molecule has 1 heterocycles. The molecule has 0 aromatic carbocycles. The van der Waals surface area contributed by atoms with Crippen molar-refractivity contribution in [2.75, 3.05) is 4.90 Å². The lowest BCUT2D eigenvalue weighted by molar-refractivity contribution is 0.255. The quantitative estimate of drug-likeness (QED) is 0.822. The lowest BCUT2D eigenvalue weighted by Gasteiger charge is -2.39. The first-order valence-corrected chi connectivity index (χ1v) is 9.33. The monoisotopic (exact) mass is 237 g/mol. The molecule has 0 saturated heterocycles. The molecule has 1 aliphatic rings. The molecule has 1 N–H and O–H groups in total. The number of nitrogens with one attached hydrogen (secondary N) is 1. The largest absolute Gasteiger partial charge is 0.299 e. The lowest BCUT2D eigenvalue weighted by atomic mass is 9.92. The van der Waals surface area contributed by atoms with Crippen molar-refractivity contribution in [3.63, 3.8) is 0 Å². The molecule has 88 valence electrons. The van der Waals surface area contributed by atoms with Crippen LogP contribution in [0.5, 0.6) is 0 Å². The van der Waals surface area contributed by atoms with Crippen LogP contribution < -0.4 is 4.90 Å². The van der Waals surface area contributed by atoms with E-state index < -0.39 is 8.07 Å². The average Bonchev–Trinajstić information content (AvgIpc) is 2.60. The first-order chi connectivity index (χ1) is 7.50. The second kappa shape index (κ2) is 4.05. The number of aromatic nitrogens is 2. The minimum atomic E-state index is -1.79. The first kappa shape index (κ1) is 11.4. The van der Waals surface area contributed by atoms with Crippen LogP contribution in [-0.4, -0.2) is 29.8 Å². The Morgan fingerprint density at radius 3 is 2.56 bits per heavy atom. The van der Waals surface area contributed by atoms with E-state index in [1.165, 1.54) is 6.42 Å². The molecular formula is C11H19N3OSi. The molecule has 1 fully saturated rings. The van der Waals surface area contributed by atoms with Crippen molar-refractivity contribution < 1.29 is 4.79 Å². The van der Waals surface area contributed by atoms with Crippen molar-refractivity contribution >= 4 is 19.4 Å². The third-order valence-corrected chi connectivity index (χ3v) is 4.57. The summed E-state index contributed by atoms with van der Waals surface area (Å²) in [6.45, 7) is 6.28. The number of amides is 1. The zero-order chi connectivity index (χ0) is 11.8. The van der Waals surface area contributed by atoms with Gasteiger partial charge in [-0.15, -0.1) is 0 Å². The maximum absolute atomic E-state index is 12.4. The fourth-order valence-corrected chi connectivity index (χ4v) is 2.89. The third kappa shape index (κ3) is 2.04. The van der Waals surface area contributed by atoms with E-state index in [4.69, 9.17) is 0 Å². The van der Waals surface area contributed by atoms with E-state index in [1.807, 2.05) is 11.0 Å². The Morgan fingerprint density at radius 1 is 1.50 bits per heavy atom. The predicted octanol–water partition coefficient (Wildman–Crippen LogP) is 2.81. The van der Waals surface area contributed by atoms with Crippen LogP contribution in [0.2, 0.25) is 19.6 Å². The molecule has 0 bridgehead atoms. The smallest absolute Gasteiger partial charge is 0.199 e. The zero-order valence-corrected chi connectivity index (χ0v) is 11.2. The van der Waals surface area contributed by atoms with Crippen molar-refractivity contribution in [2.24, 2.45) is 0 Å². The van der Waals surface area contributed by atoms with Crippen LogP contribution in [0.25, 0.3) is 0 Å². The number of nitrogens with zero attached hydrogens (tertiary/aromatic N) is 2. The fourth-order valence-electron chi connectivity index (χ4n) is 1.86.